The number of hydrogen-bond donors (Lipinski definition) is 2. The molecule has 0 bridgehead atoms. The maximum atomic E-state index is 12.6. The number of carbonyl (C=O) groups excluding carboxylic acids is 1. The third kappa shape index (κ3) is 5.77. The first-order chi connectivity index (χ1) is 14.1. The van der Waals surface area contributed by atoms with Crippen LogP contribution in [0.25, 0.3) is 5.70 Å². The molecule has 0 atom stereocenters. The highest BCUT2D eigenvalue weighted by molar-refractivity contribution is 6.70. The minimum Gasteiger partial charge on any atom is -0.352 e. The van der Waals surface area contributed by atoms with Crippen molar-refractivity contribution in [2.45, 2.75) is 6.42 Å². The first kappa shape index (κ1) is 20.3. The number of nitrogens with zero attached hydrogens (tertiary/aromatic N) is 2. The zero-order valence-corrected chi connectivity index (χ0v) is 16.6. The topological polar surface area (TPSA) is 66.4 Å². The van der Waals surface area contributed by atoms with Crippen LogP contribution in [0.15, 0.2) is 90.7 Å². The summed E-state index contributed by atoms with van der Waals surface area (Å²) in [5.74, 6) is -0.216. The molecule has 29 heavy (non-hydrogen) atoms. The van der Waals surface area contributed by atoms with Crippen LogP contribution in [0.1, 0.15) is 27.2 Å². The Kier molecular flexibility index (Phi) is 7.14. The van der Waals surface area contributed by atoms with E-state index in [1.807, 2.05) is 54.6 Å². The maximum absolute atomic E-state index is 12.6. The van der Waals surface area contributed by atoms with Crippen molar-refractivity contribution in [3.8, 4) is 0 Å². The Balaban J connectivity index is 1.65. The lowest BCUT2D eigenvalue weighted by Crippen LogP contribution is -2.27. The number of nitrogens with one attached hydrogen (secondary N) is 2. The molecular formula is C23H21ClN4O. The maximum Gasteiger partial charge on any atom is 0.252 e. The molecule has 1 amide bonds. The molecule has 2 aromatic carbocycles. The Morgan fingerprint density at radius 2 is 1.66 bits per heavy atom. The van der Waals surface area contributed by atoms with Crippen molar-refractivity contribution in [3.63, 3.8) is 0 Å². The lowest BCUT2D eigenvalue weighted by Gasteiger charge is -2.10. The molecule has 0 unspecified atom stereocenters. The van der Waals surface area contributed by atoms with Crippen molar-refractivity contribution in [1.29, 1.82) is 0 Å². The van der Waals surface area contributed by atoms with Crippen LogP contribution in [-0.2, 0) is 6.42 Å². The molecule has 0 saturated carbocycles. The average Bonchev–Trinajstić information content (AvgIpc) is 2.78. The first-order valence-corrected chi connectivity index (χ1v) is 9.54. The molecule has 146 valence electrons. The summed E-state index contributed by atoms with van der Waals surface area (Å²) in [6, 6.07) is 22.4. The lowest BCUT2D eigenvalue weighted by molar-refractivity contribution is 0.0954. The molecule has 1 aromatic heterocycles. The number of carbonyl (C=O) groups is 1. The largest absolute Gasteiger partial charge is 0.352 e. The SMILES string of the molecule is C=C(N/N=C(\Cl)c1ccccc1C(=O)NCCc1ccccn1)c1ccccc1. The number of pyridine rings is 1. The van der Waals surface area contributed by atoms with Gasteiger partial charge in [-0.05, 0) is 23.8 Å². The second kappa shape index (κ2) is 10.2. The van der Waals surface area contributed by atoms with E-state index in [2.05, 4.69) is 27.4 Å². The van der Waals surface area contributed by atoms with Gasteiger partial charge in [0.05, 0.1) is 5.70 Å². The highest BCUT2D eigenvalue weighted by atomic mass is 35.5. The molecule has 5 nitrogen and oxygen atoms in total. The van der Waals surface area contributed by atoms with E-state index < -0.39 is 0 Å². The highest BCUT2D eigenvalue weighted by Gasteiger charge is 2.14. The van der Waals surface area contributed by atoms with Gasteiger partial charge in [0.15, 0.2) is 5.17 Å². The van der Waals surface area contributed by atoms with Gasteiger partial charge in [-0.2, -0.15) is 5.10 Å². The van der Waals surface area contributed by atoms with Gasteiger partial charge in [-0.3, -0.25) is 15.2 Å². The molecule has 0 spiro atoms. The minimum absolute atomic E-state index is 0.178. The summed E-state index contributed by atoms with van der Waals surface area (Å²) < 4.78 is 0. The van der Waals surface area contributed by atoms with Gasteiger partial charge in [-0.15, -0.1) is 0 Å². The summed E-state index contributed by atoms with van der Waals surface area (Å²) in [6.45, 7) is 4.43. The molecule has 0 aliphatic rings. The lowest BCUT2D eigenvalue weighted by atomic mass is 10.1. The van der Waals surface area contributed by atoms with Crippen molar-refractivity contribution in [1.82, 2.24) is 15.7 Å². The second-order valence-corrected chi connectivity index (χ2v) is 6.59. The molecule has 1 heterocycles. The second-order valence-electron chi connectivity index (χ2n) is 6.23. The highest BCUT2D eigenvalue weighted by Crippen LogP contribution is 2.14. The fourth-order valence-electron chi connectivity index (χ4n) is 2.69. The van der Waals surface area contributed by atoms with Crippen LogP contribution in [-0.4, -0.2) is 22.6 Å². The summed E-state index contributed by atoms with van der Waals surface area (Å²) in [7, 11) is 0. The number of hydrazone groups is 1. The van der Waals surface area contributed by atoms with Gasteiger partial charge in [0.25, 0.3) is 5.91 Å². The quantitative estimate of drug-likeness (QED) is 0.436. The number of rotatable bonds is 8. The number of hydrogen-bond acceptors (Lipinski definition) is 4. The summed E-state index contributed by atoms with van der Waals surface area (Å²) >= 11 is 6.37. The number of amides is 1. The Morgan fingerprint density at radius 3 is 2.38 bits per heavy atom. The van der Waals surface area contributed by atoms with Crippen molar-refractivity contribution in [2.75, 3.05) is 6.54 Å². The molecule has 0 aliphatic heterocycles. The van der Waals surface area contributed by atoms with E-state index in [1.165, 1.54) is 0 Å². The predicted octanol–water partition coefficient (Wildman–Crippen LogP) is 4.22. The average molecular weight is 405 g/mol. The van der Waals surface area contributed by atoms with Crippen molar-refractivity contribution in [2.24, 2.45) is 5.10 Å². The van der Waals surface area contributed by atoms with Gasteiger partial charge < -0.3 is 5.32 Å². The van der Waals surface area contributed by atoms with Gasteiger partial charge in [0, 0.05) is 36.0 Å². The molecule has 2 N–H and O–H groups in total. The normalized spacial score (nSPS) is 11.0. The minimum atomic E-state index is -0.216. The van der Waals surface area contributed by atoms with Crippen LogP contribution in [0.4, 0.5) is 0 Å². The van der Waals surface area contributed by atoms with E-state index in [-0.39, 0.29) is 11.1 Å². The van der Waals surface area contributed by atoms with E-state index in [9.17, 15) is 4.79 Å². The van der Waals surface area contributed by atoms with Gasteiger partial charge >= 0.3 is 0 Å². The van der Waals surface area contributed by atoms with Gasteiger partial charge in [0.1, 0.15) is 0 Å². The van der Waals surface area contributed by atoms with Crippen molar-refractivity contribution < 1.29 is 4.79 Å². The van der Waals surface area contributed by atoms with Crippen molar-refractivity contribution in [3.05, 3.63) is 108 Å². The van der Waals surface area contributed by atoms with Crippen LogP contribution in [0, 0.1) is 0 Å². The Hall–Kier alpha value is -3.44. The van der Waals surface area contributed by atoms with Crippen LogP contribution in [0.5, 0.6) is 0 Å². The first-order valence-electron chi connectivity index (χ1n) is 9.16. The number of aromatic nitrogens is 1. The predicted molar refractivity (Wildman–Crippen MR) is 118 cm³/mol. The van der Waals surface area contributed by atoms with E-state index in [4.69, 9.17) is 11.6 Å². The van der Waals surface area contributed by atoms with E-state index in [0.29, 0.717) is 29.8 Å². The van der Waals surface area contributed by atoms with Crippen LogP contribution in [0.3, 0.4) is 0 Å². The molecule has 0 fully saturated rings. The number of halogens is 1. The van der Waals surface area contributed by atoms with Crippen molar-refractivity contribution >= 4 is 28.4 Å². The summed E-state index contributed by atoms with van der Waals surface area (Å²) in [6.07, 6.45) is 2.38. The smallest absolute Gasteiger partial charge is 0.252 e. The molecule has 6 heteroatoms. The van der Waals surface area contributed by atoms with Gasteiger partial charge in [-0.25, -0.2) is 0 Å². The van der Waals surface area contributed by atoms with Crippen LogP contribution >= 0.6 is 11.6 Å². The Morgan fingerprint density at radius 1 is 0.966 bits per heavy atom. The van der Waals surface area contributed by atoms with E-state index in [1.54, 1.807) is 24.4 Å². The molecule has 0 saturated heterocycles. The summed E-state index contributed by atoms with van der Waals surface area (Å²) in [5.41, 5.74) is 6.28. The summed E-state index contributed by atoms with van der Waals surface area (Å²) in [4.78, 5) is 16.9. The van der Waals surface area contributed by atoms with Gasteiger partial charge in [0.2, 0.25) is 0 Å². The monoisotopic (exact) mass is 404 g/mol. The zero-order chi connectivity index (χ0) is 20.5. The summed E-state index contributed by atoms with van der Waals surface area (Å²) in [5, 5.41) is 7.27. The molecular weight excluding hydrogens is 384 g/mol. The number of benzene rings is 2. The molecule has 3 rings (SSSR count). The fraction of sp³-hybridized carbons (Fsp3) is 0.0870. The molecule has 3 aromatic rings. The van der Waals surface area contributed by atoms with E-state index >= 15 is 0 Å². The van der Waals surface area contributed by atoms with Gasteiger partial charge in [-0.1, -0.05) is 72.8 Å². The Bertz CT molecular complexity index is 1000. The standard InChI is InChI=1S/C23H21ClN4O/c1-17(18-9-3-2-4-10-18)27-28-22(24)20-12-5-6-13-21(20)23(29)26-16-14-19-11-7-8-15-25-19/h2-13,15,27H,1,14,16H2,(H,26,29)/b28-22-. The molecule has 0 aliphatic carbocycles. The third-order valence-electron chi connectivity index (χ3n) is 4.20. The van der Waals surface area contributed by atoms with Crippen LogP contribution < -0.4 is 10.7 Å². The Labute approximate surface area is 175 Å². The third-order valence-corrected chi connectivity index (χ3v) is 4.49. The van der Waals surface area contributed by atoms with E-state index in [0.717, 1.165) is 11.3 Å². The fourth-order valence-corrected chi connectivity index (χ4v) is 2.89. The zero-order valence-electron chi connectivity index (χ0n) is 15.8. The van der Waals surface area contributed by atoms with Crippen LogP contribution in [0.2, 0.25) is 0 Å². The molecule has 0 radical (unpaired) electrons.